The van der Waals surface area contributed by atoms with E-state index in [1.54, 1.807) is 0 Å². The Morgan fingerprint density at radius 3 is 2.40 bits per heavy atom. The molecule has 2 rings (SSSR count). The van der Waals surface area contributed by atoms with Crippen LogP contribution in [-0.4, -0.2) is 18.1 Å². The minimum Gasteiger partial charge on any atom is -0.503 e. The molecule has 0 fully saturated rings. The maximum absolute atomic E-state index is 13.5. The van der Waals surface area contributed by atoms with Crippen LogP contribution in [0.5, 0.6) is 5.75 Å². The minimum atomic E-state index is -4.51. The number of halogens is 2. The molecule has 0 aliphatic heterocycles. The molecular formula is C10H6F2NaO6S+. The second kappa shape index (κ2) is 5.78. The van der Waals surface area contributed by atoms with Crippen molar-refractivity contribution in [2.24, 2.45) is 0 Å². The van der Waals surface area contributed by atoms with Crippen LogP contribution < -0.4 is 35.2 Å². The van der Waals surface area contributed by atoms with Crippen molar-refractivity contribution < 1.29 is 60.8 Å². The number of hydrogen-bond donors (Lipinski definition) is 2. The molecule has 10 heteroatoms. The number of fused-ring (bicyclic) bond motifs is 1. The number of aromatic hydroxyl groups is 1. The van der Waals surface area contributed by atoms with E-state index in [2.05, 4.69) is 4.42 Å². The van der Waals surface area contributed by atoms with Crippen LogP contribution in [0, 0.1) is 11.6 Å². The third-order valence-electron chi connectivity index (χ3n) is 2.33. The summed E-state index contributed by atoms with van der Waals surface area (Å²) in [5.41, 5.74) is -2.23. The Labute approximate surface area is 133 Å². The smallest absolute Gasteiger partial charge is 0.503 e. The van der Waals surface area contributed by atoms with Crippen LogP contribution in [0.1, 0.15) is 5.56 Å². The topological polar surface area (TPSA) is 105 Å². The molecule has 0 saturated carbocycles. The maximum Gasteiger partial charge on any atom is 1.00 e. The third kappa shape index (κ3) is 3.36. The molecule has 0 aliphatic carbocycles. The van der Waals surface area contributed by atoms with Gasteiger partial charge in [0.25, 0.3) is 10.1 Å². The largest absolute Gasteiger partial charge is 1.00 e. The standard InChI is InChI=1S/C10H6F2O6S.Na/c11-6-2-5-4(3-19(15,16)17)1-7(13)18-10(5)8(12)9(6)14;/h1-2,14H,3H2,(H,15,16,17);/q;+1. The summed E-state index contributed by atoms with van der Waals surface area (Å²) in [6, 6.07) is 1.29. The van der Waals surface area contributed by atoms with Crippen molar-refractivity contribution in [3.8, 4) is 5.75 Å². The van der Waals surface area contributed by atoms with Crippen molar-refractivity contribution in [3.05, 3.63) is 39.8 Å². The third-order valence-corrected chi connectivity index (χ3v) is 3.00. The van der Waals surface area contributed by atoms with E-state index in [1.165, 1.54) is 0 Å². The molecular weight excluding hydrogens is 309 g/mol. The quantitative estimate of drug-likeness (QED) is 0.384. The van der Waals surface area contributed by atoms with Crippen LogP contribution in [0.25, 0.3) is 11.0 Å². The molecule has 1 heterocycles. The summed E-state index contributed by atoms with van der Waals surface area (Å²) in [6.07, 6.45) is 0. The molecule has 0 saturated heterocycles. The average molecular weight is 315 g/mol. The fourth-order valence-corrected chi connectivity index (χ4v) is 2.23. The Bertz CT molecular complexity index is 830. The van der Waals surface area contributed by atoms with Gasteiger partial charge in [0.05, 0.1) is 0 Å². The van der Waals surface area contributed by atoms with Crippen LogP contribution in [0.2, 0.25) is 0 Å². The first-order chi connectivity index (χ1) is 8.69. The number of phenolic OH excluding ortho intramolecular Hbond substituents is 1. The Balaban J connectivity index is 0.00000200. The predicted octanol–water partition coefficient (Wildman–Crippen LogP) is -1.83. The van der Waals surface area contributed by atoms with Gasteiger partial charge in [0.1, 0.15) is 5.75 Å². The molecule has 1 aromatic heterocycles. The first-order valence-electron chi connectivity index (χ1n) is 4.78. The molecule has 0 amide bonds. The Hall–Kier alpha value is -1.00. The first-order valence-corrected chi connectivity index (χ1v) is 6.39. The van der Waals surface area contributed by atoms with Crippen molar-refractivity contribution in [1.82, 2.24) is 0 Å². The summed E-state index contributed by atoms with van der Waals surface area (Å²) in [7, 11) is -4.51. The van der Waals surface area contributed by atoms with E-state index >= 15 is 0 Å². The number of rotatable bonds is 2. The van der Waals surface area contributed by atoms with Gasteiger partial charge in [-0.05, 0) is 11.6 Å². The molecule has 20 heavy (non-hydrogen) atoms. The van der Waals surface area contributed by atoms with E-state index in [-0.39, 0.29) is 40.5 Å². The van der Waals surface area contributed by atoms with E-state index in [0.29, 0.717) is 12.1 Å². The molecule has 2 aromatic rings. The molecule has 1 aromatic carbocycles. The van der Waals surface area contributed by atoms with Gasteiger partial charge < -0.3 is 9.52 Å². The fourth-order valence-electron chi connectivity index (χ4n) is 1.60. The maximum atomic E-state index is 13.5. The zero-order chi connectivity index (χ0) is 14.4. The van der Waals surface area contributed by atoms with Gasteiger partial charge in [-0.2, -0.15) is 12.8 Å². The van der Waals surface area contributed by atoms with Gasteiger partial charge in [-0.15, -0.1) is 0 Å². The van der Waals surface area contributed by atoms with Crippen molar-refractivity contribution in [1.29, 1.82) is 0 Å². The zero-order valence-corrected chi connectivity index (χ0v) is 12.9. The number of benzene rings is 1. The monoisotopic (exact) mass is 315 g/mol. The van der Waals surface area contributed by atoms with Crippen molar-refractivity contribution in [3.63, 3.8) is 0 Å². The molecule has 0 radical (unpaired) electrons. The second-order valence-electron chi connectivity index (χ2n) is 3.71. The van der Waals surface area contributed by atoms with Crippen molar-refractivity contribution in [2.75, 3.05) is 0 Å². The normalized spacial score (nSPS) is 11.3. The molecule has 0 aliphatic rings. The van der Waals surface area contributed by atoms with Crippen LogP contribution >= 0.6 is 0 Å². The number of hydrogen-bond acceptors (Lipinski definition) is 5. The minimum absolute atomic E-state index is 0. The van der Waals surface area contributed by atoms with E-state index in [9.17, 15) is 22.0 Å². The van der Waals surface area contributed by atoms with Gasteiger partial charge in [0.15, 0.2) is 17.1 Å². The van der Waals surface area contributed by atoms with Crippen LogP contribution in [0.4, 0.5) is 8.78 Å². The van der Waals surface area contributed by atoms with Gasteiger partial charge in [-0.1, -0.05) is 0 Å². The molecule has 6 nitrogen and oxygen atoms in total. The zero-order valence-electron chi connectivity index (χ0n) is 10.1. The summed E-state index contributed by atoms with van der Waals surface area (Å²) in [5.74, 6) is -5.24. The van der Waals surface area contributed by atoms with Gasteiger partial charge in [-0.3, -0.25) is 4.55 Å². The van der Waals surface area contributed by atoms with Crippen molar-refractivity contribution >= 4 is 21.1 Å². The second-order valence-corrected chi connectivity index (χ2v) is 5.17. The first kappa shape index (κ1) is 17.1. The Morgan fingerprint density at radius 2 is 1.85 bits per heavy atom. The fraction of sp³-hybridized carbons (Fsp3) is 0.100. The predicted molar refractivity (Wildman–Crippen MR) is 59.3 cm³/mol. The SMILES string of the molecule is O=c1cc(CS(=O)(=O)O)c2cc(F)c(O)c(F)c2o1.[Na+]. The van der Waals surface area contributed by atoms with Gasteiger partial charge in [0, 0.05) is 11.5 Å². The van der Waals surface area contributed by atoms with E-state index in [0.717, 1.165) is 0 Å². The Kier molecular flexibility index (Phi) is 4.93. The summed E-state index contributed by atoms with van der Waals surface area (Å²) >= 11 is 0. The van der Waals surface area contributed by atoms with E-state index < -0.39 is 44.5 Å². The van der Waals surface area contributed by atoms with E-state index in [1.807, 2.05) is 0 Å². The summed E-state index contributed by atoms with van der Waals surface area (Å²) < 4.78 is 61.4. The van der Waals surface area contributed by atoms with Gasteiger partial charge >= 0.3 is 35.2 Å². The average Bonchev–Trinajstić information content (AvgIpc) is 2.26. The summed E-state index contributed by atoms with van der Waals surface area (Å²) in [4.78, 5) is 11.2. The molecule has 2 N–H and O–H groups in total. The van der Waals surface area contributed by atoms with Gasteiger partial charge in [0.2, 0.25) is 5.82 Å². The summed E-state index contributed by atoms with van der Waals surface area (Å²) in [5, 5.41) is 8.67. The van der Waals surface area contributed by atoms with Crippen LogP contribution in [0.15, 0.2) is 21.3 Å². The molecule has 0 bridgehead atoms. The molecule has 102 valence electrons. The van der Waals surface area contributed by atoms with Gasteiger partial charge in [-0.25, -0.2) is 9.18 Å². The molecule has 0 atom stereocenters. The van der Waals surface area contributed by atoms with E-state index in [4.69, 9.17) is 9.66 Å². The Morgan fingerprint density at radius 1 is 1.25 bits per heavy atom. The van der Waals surface area contributed by atoms with Crippen LogP contribution in [0.3, 0.4) is 0 Å². The molecule has 0 spiro atoms. The molecule has 0 unspecified atom stereocenters. The van der Waals surface area contributed by atoms with Crippen LogP contribution in [-0.2, 0) is 15.9 Å². The number of phenols is 1. The van der Waals surface area contributed by atoms with Crippen molar-refractivity contribution in [2.45, 2.75) is 5.75 Å². The summed E-state index contributed by atoms with van der Waals surface area (Å²) in [6.45, 7) is 0.